The Morgan fingerprint density at radius 3 is 2.80 bits per heavy atom. The van der Waals surface area contributed by atoms with Crippen LogP contribution in [0.25, 0.3) is 0 Å². The molecule has 2 rings (SSSR count). The van der Waals surface area contributed by atoms with E-state index in [1.807, 2.05) is 42.6 Å². The summed E-state index contributed by atoms with van der Waals surface area (Å²) in [5.74, 6) is 0.840. The molecular weight excluding hydrogens is 250 g/mol. The molecule has 1 heterocycles. The molecule has 0 spiro atoms. The number of ether oxygens (including phenoxy) is 1. The molecule has 0 aliphatic carbocycles. The van der Waals surface area contributed by atoms with Gasteiger partial charge in [-0.25, -0.2) is 0 Å². The summed E-state index contributed by atoms with van der Waals surface area (Å²) in [5.41, 5.74) is 9.01. The third kappa shape index (κ3) is 3.96. The zero-order valence-corrected chi connectivity index (χ0v) is 12.0. The van der Waals surface area contributed by atoms with Crippen LogP contribution in [0.15, 0.2) is 42.6 Å². The van der Waals surface area contributed by atoms with Crippen LogP contribution < -0.4 is 10.5 Å². The zero-order chi connectivity index (χ0) is 14.4. The van der Waals surface area contributed by atoms with Crippen molar-refractivity contribution < 1.29 is 4.74 Å². The van der Waals surface area contributed by atoms with Crippen molar-refractivity contribution in [1.82, 2.24) is 9.88 Å². The third-order valence-electron chi connectivity index (χ3n) is 3.27. The van der Waals surface area contributed by atoms with Crippen molar-refractivity contribution in [3.63, 3.8) is 0 Å². The van der Waals surface area contributed by atoms with Crippen LogP contribution >= 0.6 is 0 Å². The Balaban J connectivity index is 1.92. The summed E-state index contributed by atoms with van der Waals surface area (Å²) in [4.78, 5) is 6.57. The van der Waals surface area contributed by atoms with Crippen molar-refractivity contribution in [2.75, 3.05) is 26.4 Å². The van der Waals surface area contributed by atoms with Gasteiger partial charge in [-0.05, 0) is 42.9 Å². The number of methoxy groups -OCH3 is 1. The van der Waals surface area contributed by atoms with Crippen LogP contribution in [0, 0.1) is 0 Å². The van der Waals surface area contributed by atoms with Crippen LogP contribution in [-0.4, -0.2) is 30.6 Å². The average Bonchev–Trinajstić information content (AvgIpc) is 2.48. The Morgan fingerprint density at radius 1 is 1.25 bits per heavy atom. The fourth-order valence-electron chi connectivity index (χ4n) is 2.07. The second kappa shape index (κ2) is 6.91. The quantitative estimate of drug-likeness (QED) is 0.819. The lowest BCUT2D eigenvalue weighted by Gasteiger charge is -2.18. The summed E-state index contributed by atoms with van der Waals surface area (Å²) in [6.45, 7) is 1.74. The predicted molar refractivity (Wildman–Crippen MR) is 81.7 cm³/mol. The maximum Gasteiger partial charge on any atom is 0.119 e. The van der Waals surface area contributed by atoms with E-state index >= 15 is 0 Å². The second-order valence-electron chi connectivity index (χ2n) is 4.87. The molecule has 0 amide bonds. The molecular formula is C16H21N3O. The number of hydrogen-bond donors (Lipinski definition) is 1. The summed E-state index contributed by atoms with van der Waals surface area (Å²) < 4.78 is 5.24. The molecule has 0 atom stereocenters. The van der Waals surface area contributed by atoms with Gasteiger partial charge in [0.1, 0.15) is 5.75 Å². The Labute approximate surface area is 120 Å². The number of nitrogens with zero attached hydrogens (tertiary/aromatic N) is 2. The highest BCUT2D eigenvalue weighted by atomic mass is 16.5. The first-order chi connectivity index (χ1) is 9.69. The first kappa shape index (κ1) is 14.3. The molecule has 0 aliphatic rings. The topological polar surface area (TPSA) is 51.4 Å². The molecule has 2 N–H and O–H groups in total. The highest BCUT2D eigenvalue weighted by Gasteiger charge is 2.06. The molecule has 1 aromatic carbocycles. The number of hydrogen-bond acceptors (Lipinski definition) is 4. The van der Waals surface area contributed by atoms with Crippen molar-refractivity contribution in [3.8, 4) is 5.75 Å². The number of pyridine rings is 1. The number of aromatic nitrogens is 1. The molecule has 2 aromatic rings. The van der Waals surface area contributed by atoms with Gasteiger partial charge in [0.25, 0.3) is 0 Å². The van der Waals surface area contributed by atoms with Crippen molar-refractivity contribution in [3.05, 3.63) is 53.9 Å². The SMILES string of the molecule is COc1ccc(N)c(CN(C)CCc2ccccn2)c1. The molecule has 0 aliphatic heterocycles. The summed E-state index contributed by atoms with van der Waals surface area (Å²) in [6, 6.07) is 11.8. The average molecular weight is 271 g/mol. The molecule has 0 fully saturated rings. The van der Waals surface area contributed by atoms with E-state index in [4.69, 9.17) is 10.5 Å². The third-order valence-corrected chi connectivity index (χ3v) is 3.27. The summed E-state index contributed by atoms with van der Waals surface area (Å²) in [7, 11) is 3.75. The van der Waals surface area contributed by atoms with Gasteiger partial charge in [0.05, 0.1) is 7.11 Å². The Kier molecular flexibility index (Phi) is 4.96. The van der Waals surface area contributed by atoms with Gasteiger partial charge in [0, 0.05) is 37.1 Å². The minimum atomic E-state index is 0.801. The van der Waals surface area contributed by atoms with Gasteiger partial charge < -0.3 is 15.4 Å². The number of nitrogens with two attached hydrogens (primary N) is 1. The van der Waals surface area contributed by atoms with Crippen molar-refractivity contribution in [2.45, 2.75) is 13.0 Å². The Hall–Kier alpha value is -2.07. The molecule has 0 saturated carbocycles. The molecule has 0 radical (unpaired) electrons. The maximum atomic E-state index is 6.01. The van der Waals surface area contributed by atoms with Gasteiger partial charge in [-0.15, -0.1) is 0 Å². The minimum absolute atomic E-state index is 0.801. The molecule has 106 valence electrons. The summed E-state index contributed by atoms with van der Waals surface area (Å²) in [5, 5.41) is 0. The molecule has 1 aromatic heterocycles. The van der Waals surface area contributed by atoms with Crippen LogP contribution in [0.5, 0.6) is 5.75 Å². The van der Waals surface area contributed by atoms with Gasteiger partial charge in [-0.3, -0.25) is 4.98 Å². The van der Waals surface area contributed by atoms with Crippen LogP contribution in [0.2, 0.25) is 0 Å². The highest BCUT2D eigenvalue weighted by molar-refractivity contribution is 5.50. The van der Waals surface area contributed by atoms with Crippen molar-refractivity contribution >= 4 is 5.69 Å². The minimum Gasteiger partial charge on any atom is -0.497 e. The summed E-state index contributed by atoms with van der Waals surface area (Å²) >= 11 is 0. The van der Waals surface area contributed by atoms with Crippen LogP contribution in [0.3, 0.4) is 0 Å². The first-order valence-electron chi connectivity index (χ1n) is 6.70. The van der Waals surface area contributed by atoms with Gasteiger partial charge in [0.2, 0.25) is 0 Å². The lowest BCUT2D eigenvalue weighted by Crippen LogP contribution is -2.21. The predicted octanol–water partition coefficient (Wildman–Crippen LogP) is 2.35. The van der Waals surface area contributed by atoms with E-state index in [0.717, 1.165) is 42.2 Å². The number of likely N-dealkylation sites (N-methyl/N-ethyl adjacent to an activating group) is 1. The van der Waals surface area contributed by atoms with Gasteiger partial charge in [0.15, 0.2) is 0 Å². The van der Waals surface area contributed by atoms with Gasteiger partial charge in [-0.1, -0.05) is 6.07 Å². The number of anilines is 1. The number of benzene rings is 1. The van der Waals surface area contributed by atoms with E-state index in [2.05, 4.69) is 16.9 Å². The standard InChI is InChI=1S/C16H21N3O/c1-19(10-8-14-5-3-4-9-18-14)12-13-11-15(20-2)6-7-16(13)17/h3-7,9,11H,8,10,12,17H2,1-2H3. The fourth-order valence-corrected chi connectivity index (χ4v) is 2.07. The maximum absolute atomic E-state index is 6.01. The Bertz CT molecular complexity index is 543. The van der Waals surface area contributed by atoms with E-state index in [9.17, 15) is 0 Å². The lowest BCUT2D eigenvalue weighted by atomic mass is 10.1. The van der Waals surface area contributed by atoms with E-state index in [1.54, 1.807) is 7.11 Å². The van der Waals surface area contributed by atoms with E-state index < -0.39 is 0 Å². The fraction of sp³-hybridized carbons (Fsp3) is 0.312. The van der Waals surface area contributed by atoms with E-state index in [1.165, 1.54) is 0 Å². The normalized spacial score (nSPS) is 10.8. The zero-order valence-electron chi connectivity index (χ0n) is 12.0. The number of nitrogen functional groups attached to an aromatic ring is 1. The second-order valence-corrected chi connectivity index (χ2v) is 4.87. The van der Waals surface area contributed by atoms with Crippen molar-refractivity contribution in [1.29, 1.82) is 0 Å². The highest BCUT2D eigenvalue weighted by Crippen LogP contribution is 2.20. The molecule has 4 heteroatoms. The Morgan fingerprint density at radius 2 is 2.10 bits per heavy atom. The number of rotatable bonds is 6. The molecule has 0 bridgehead atoms. The van der Waals surface area contributed by atoms with Gasteiger partial charge in [-0.2, -0.15) is 0 Å². The first-order valence-corrected chi connectivity index (χ1v) is 6.70. The molecule has 0 saturated heterocycles. The molecule has 4 nitrogen and oxygen atoms in total. The molecule has 20 heavy (non-hydrogen) atoms. The smallest absolute Gasteiger partial charge is 0.119 e. The van der Waals surface area contributed by atoms with E-state index in [-0.39, 0.29) is 0 Å². The van der Waals surface area contributed by atoms with Crippen LogP contribution in [0.1, 0.15) is 11.3 Å². The lowest BCUT2D eigenvalue weighted by molar-refractivity contribution is 0.329. The molecule has 0 unspecified atom stereocenters. The van der Waals surface area contributed by atoms with Crippen molar-refractivity contribution in [2.24, 2.45) is 0 Å². The van der Waals surface area contributed by atoms with Crippen LogP contribution in [-0.2, 0) is 13.0 Å². The monoisotopic (exact) mass is 271 g/mol. The largest absolute Gasteiger partial charge is 0.497 e. The van der Waals surface area contributed by atoms with Crippen LogP contribution in [0.4, 0.5) is 5.69 Å². The summed E-state index contributed by atoms with van der Waals surface area (Å²) in [6.07, 6.45) is 2.76. The van der Waals surface area contributed by atoms with E-state index in [0.29, 0.717) is 0 Å². The van der Waals surface area contributed by atoms with Gasteiger partial charge >= 0.3 is 0 Å².